The van der Waals surface area contributed by atoms with Crippen molar-refractivity contribution < 1.29 is 8.78 Å². The minimum atomic E-state index is -0.754. The van der Waals surface area contributed by atoms with E-state index < -0.39 is 11.6 Å². The summed E-state index contributed by atoms with van der Waals surface area (Å²) in [6, 6.07) is 3.00. The highest BCUT2D eigenvalue weighted by atomic mass is 19.1. The Labute approximate surface area is 130 Å². The van der Waals surface area contributed by atoms with Crippen molar-refractivity contribution in [3.05, 3.63) is 63.4 Å². The molecule has 23 heavy (non-hydrogen) atoms. The van der Waals surface area contributed by atoms with Gasteiger partial charge in [-0.3, -0.25) is 4.79 Å². The average molecular weight is 314 g/mol. The van der Waals surface area contributed by atoms with Crippen LogP contribution in [-0.4, -0.2) is 14.6 Å². The number of aromatic amines is 1. The van der Waals surface area contributed by atoms with Crippen LogP contribution < -0.4 is 5.56 Å². The molecular weight excluding hydrogens is 302 g/mol. The maximum Gasteiger partial charge on any atom is 0.275 e. The molecule has 0 spiro atoms. The van der Waals surface area contributed by atoms with Gasteiger partial charge in [-0.25, -0.2) is 23.1 Å². The molecule has 0 atom stereocenters. The molecule has 5 nitrogen and oxygen atoms in total. The van der Waals surface area contributed by atoms with E-state index in [1.807, 2.05) is 0 Å². The SMILES string of the molecule is [C-]#[N+]c1c[nH]n2c(=O)c(C(C)C)c(-c3cc(F)cc(F)c3)nc12. The third-order valence-corrected chi connectivity index (χ3v) is 3.51. The molecule has 0 radical (unpaired) electrons. The Morgan fingerprint density at radius 1 is 1.26 bits per heavy atom. The lowest BCUT2D eigenvalue weighted by Gasteiger charge is -2.12. The molecular formula is C16H12F2N4O. The van der Waals surface area contributed by atoms with Crippen molar-refractivity contribution >= 4 is 11.3 Å². The van der Waals surface area contributed by atoms with Crippen LogP contribution in [0, 0.1) is 18.2 Å². The zero-order valence-corrected chi connectivity index (χ0v) is 12.4. The van der Waals surface area contributed by atoms with Crippen molar-refractivity contribution in [2.75, 3.05) is 0 Å². The number of hydrogen-bond acceptors (Lipinski definition) is 2. The third kappa shape index (κ3) is 2.38. The molecule has 3 rings (SSSR count). The predicted octanol–water partition coefficient (Wildman–Crippen LogP) is 3.64. The van der Waals surface area contributed by atoms with Crippen LogP contribution in [0.25, 0.3) is 21.7 Å². The van der Waals surface area contributed by atoms with Gasteiger partial charge in [0.2, 0.25) is 5.69 Å². The predicted molar refractivity (Wildman–Crippen MR) is 81.5 cm³/mol. The van der Waals surface area contributed by atoms with Gasteiger partial charge in [0.05, 0.1) is 12.3 Å². The molecule has 0 aliphatic carbocycles. The number of benzene rings is 1. The Balaban J connectivity index is 2.45. The summed E-state index contributed by atoms with van der Waals surface area (Å²) in [6.07, 6.45) is 1.37. The van der Waals surface area contributed by atoms with Gasteiger partial charge >= 0.3 is 0 Å². The first-order chi connectivity index (χ1) is 10.9. The van der Waals surface area contributed by atoms with Gasteiger partial charge in [0.15, 0.2) is 5.65 Å². The van der Waals surface area contributed by atoms with Gasteiger partial charge in [-0.2, -0.15) is 0 Å². The molecule has 0 bridgehead atoms. The molecule has 1 N–H and O–H groups in total. The summed E-state index contributed by atoms with van der Waals surface area (Å²) >= 11 is 0. The van der Waals surface area contributed by atoms with E-state index in [-0.39, 0.29) is 34.1 Å². The summed E-state index contributed by atoms with van der Waals surface area (Å²) in [5.41, 5.74) is 0.589. The zero-order chi connectivity index (χ0) is 16.7. The second-order valence-corrected chi connectivity index (χ2v) is 5.42. The summed E-state index contributed by atoms with van der Waals surface area (Å²) in [5.74, 6) is -1.72. The molecule has 0 aliphatic rings. The Hall–Kier alpha value is -3.01. The molecule has 0 unspecified atom stereocenters. The maximum absolute atomic E-state index is 13.5. The topological polar surface area (TPSA) is 54.5 Å². The number of rotatable bonds is 2. The summed E-state index contributed by atoms with van der Waals surface area (Å²) < 4.78 is 28.2. The van der Waals surface area contributed by atoms with E-state index >= 15 is 0 Å². The second kappa shape index (κ2) is 5.32. The summed E-state index contributed by atoms with van der Waals surface area (Å²) in [7, 11) is 0. The quantitative estimate of drug-likeness (QED) is 0.734. The van der Waals surface area contributed by atoms with Gasteiger partial charge in [0, 0.05) is 23.4 Å². The molecule has 7 heteroatoms. The Bertz CT molecular complexity index is 991. The second-order valence-electron chi connectivity index (χ2n) is 5.42. The number of halogens is 2. The van der Waals surface area contributed by atoms with Gasteiger partial charge in [0.1, 0.15) is 11.6 Å². The first-order valence-corrected chi connectivity index (χ1v) is 6.90. The van der Waals surface area contributed by atoms with Gasteiger partial charge in [0.25, 0.3) is 5.56 Å². The molecule has 1 aromatic carbocycles. The molecule has 0 fully saturated rings. The number of aromatic nitrogens is 3. The van der Waals surface area contributed by atoms with E-state index in [2.05, 4.69) is 14.9 Å². The third-order valence-electron chi connectivity index (χ3n) is 3.51. The molecule has 3 aromatic rings. The van der Waals surface area contributed by atoms with Crippen molar-refractivity contribution in [1.82, 2.24) is 14.6 Å². The van der Waals surface area contributed by atoms with Gasteiger partial charge in [-0.15, -0.1) is 0 Å². The minimum Gasteiger partial charge on any atom is -0.308 e. The lowest BCUT2D eigenvalue weighted by molar-refractivity contribution is 0.584. The largest absolute Gasteiger partial charge is 0.308 e. The normalized spacial score (nSPS) is 11.1. The molecule has 2 aromatic heterocycles. The van der Waals surface area contributed by atoms with E-state index in [9.17, 15) is 13.6 Å². The van der Waals surface area contributed by atoms with Gasteiger partial charge in [-0.05, 0) is 18.1 Å². The van der Waals surface area contributed by atoms with Crippen LogP contribution in [0.4, 0.5) is 14.5 Å². The van der Waals surface area contributed by atoms with Crippen LogP contribution in [0.15, 0.2) is 29.2 Å². The maximum atomic E-state index is 13.5. The lowest BCUT2D eigenvalue weighted by atomic mass is 9.98. The number of nitrogens with zero attached hydrogens (tertiary/aromatic N) is 3. The number of hydrogen-bond donors (Lipinski definition) is 1. The standard InChI is InChI=1S/C16H12F2N4O/c1-8(2)13-14(9-4-10(17)6-11(18)5-9)21-15-12(19-3)7-20-22(15)16(13)23/h4-8,20H,1-2H3. The van der Waals surface area contributed by atoms with E-state index in [0.717, 1.165) is 18.2 Å². The van der Waals surface area contributed by atoms with Crippen molar-refractivity contribution in [2.45, 2.75) is 19.8 Å². The number of nitrogens with one attached hydrogen (secondary N) is 1. The van der Waals surface area contributed by atoms with Gasteiger partial charge in [-0.1, -0.05) is 13.8 Å². The average Bonchev–Trinajstić information content (AvgIpc) is 2.88. The highest BCUT2D eigenvalue weighted by Crippen LogP contribution is 2.28. The van der Waals surface area contributed by atoms with Gasteiger partial charge < -0.3 is 5.10 Å². The van der Waals surface area contributed by atoms with Crippen LogP contribution in [0.3, 0.4) is 0 Å². The molecule has 116 valence electrons. The van der Waals surface area contributed by atoms with Crippen LogP contribution >= 0.6 is 0 Å². The fourth-order valence-electron chi connectivity index (χ4n) is 2.53. The van der Waals surface area contributed by atoms with E-state index in [0.29, 0.717) is 5.56 Å². The monoisotopic (exact) mass is 314 g/mol. The smallest absolute Gasteiger partial charge is 0.275 e. The lowest BCUT2D eigenvalue weighted by Crippen LogP contribution is -2.22. The summed E-state index contributed by atoms with van der Waals surface area (Å²) in [5, 5.41) is 2.68. The fraction of sp³-hybridized carbons (Fsp3) is 0.188. The fourth-order valence-corrected chi connectivity index (χ4v) is 2.53. The van der Waals surface area contributed by atoms with Crippen molar-refractivity contribution in [3.63, 3.8) is 0 Å². The van der Waals surface area contributed by atoms with E-state index in [1.54, 1.807) is 13.8 Å². The summed E-state index contributed by atoms with van der Waals surface area (Å²) in [6.45, 7) is 10.7. The molecule has 0 aliphatic heterocycles. The number of H-pyrrole nitrogens is 1. The zero-order valence-electron chi connectivity index (χ0n) is 12.4. The van der Waals surface area contributed by atoms with E-state index in [4.69, 9.17) is 6.57 Å². The van der Waals surface area contributed by atoms with Crippen LogP contribution in [0.1, 0.15) is 25.3 Å². The Morgan fingerprint density at radius 3 is 2.48 bits per heavy atom. The summed E-state index contributed by atoms with van der Waals surface area (Å²) in [4.78, 5) is 20.3. The van der Waals surface area contributed by atoms with Crippen LogP contribution in [0.2, 0.25) is 0 Å². The van der Waals surface area contributed by atoms with Crippen molar-refractivity contribution in [1.29, 1.82) is 0 Å². The highest BCUT2D eigenvalue weighted by molar-refractivity contribution is 5.73. The van der Waals surface area contributed by atoms with Crippen LogP contribution in [-0.2, 0) is 0 Å². The Morgan fingerprint density at radius 2 is 1.91 bits per heavy atom. The first kappa shape index (κ1) is 14.9. The molecule has 0 amide bonds. The Kier molecular flexibility index (Phi) is 3.45. The number of fused-ring (bicyclic) bond motifs is 1. The van der Waals surface area contributed by atoms with Crippen molar-refractivity contribution in [2.24, 2.45) is 0 Å². The first-order valence-electron chi connectivity index (χ1n) is 6.90. The molecule has 0 saturated heterocycles. The minimum absolute atomic E-state index is 0.133. The highest BCUT2D eigenvalue weighted by Gasteiger charge is 2.20. The molecule has 0 saturated carbocycles. The molecule has 2 heterocycles. The van der Waals surface area contributed by atoms with Crippen molar-refractivity contribution in [3.8, 4) is 11.3 Å². The van der Waals surface area contributed by atoms with Crippen LogP contribution in [0.5, 0.6) is 0 Å². The van der Waals surface area contributed by atoms with E-state index in [1.165, 1.54) is 10.7 Å².